The molecule has 6 heteroatoms. The summed E-state index contributed by atoms with van der Waals surface area (Å²) in [7, 11) is 0. The third-order valence-electron chi connectivity index (χ3n) is 5.06. The van der Waals surface area contributed by atoms with Gasteiger partial charge in [-0.05, 0) is 36.8 Å². The first-order valence-electron chi connectivity index (χ1n) is 9.75. The standard InChI is InChI=1S/C22H27N3O2S/c1-4-27-22(26)20-19(18(11-23)21(24)28-20)13-25(17-9-10-17)12-15-5-7-16(8-6-15)14(2)3/h5-8,14,17H,4,9-10,12-13,24H2,1-3H3. The lowest BCUT2D eigenvalue weighted by molar-refractivity contribution is 0.0529. The molecule has 2 aromatic rings. The Morgan fingerprint density at radius 2 is 2.00 bits per heavy atom. The molecule has 0 spiro atoms. The second-order valence-corrected chi connectivity index (χ2v) is 8.57. The van der Waals surface area contributed by atoms with Crippen LogP contribution in [-0.2, 0) is 17.8 Å². The minimum Gasteiger partial charge on any atom is -0.462 e. The van der Waals surface area contributed by atoms with Crippen molar-refractivity contribution in [3.63, 3.8) is 0 Å². The van der Waals surface area contributed by atoms with Crippen molar-refractivity contribution in [2.45, 2.75) is 58.7 Å². The number of esters is 1. The minimum atomic E-state index is -0.396. The summed E-state index contributed by atoms with van der Waals surface area (Å²) in [5.74, 6) is 0.112. The first-order chi connectivity index (χ1) is 13.4. The van der Waals surface area contributed by atoms with Gasteiger partial charge >= 0.3 is 5.97 Å². The van der Waals surface area contributed by atoms with Crippen molar-refractivity contribution in [3.8, 4) is 6.07 Å². The summed E-state index contributed by atoms with van der Waals surface area (Å²) in [6.07, 6.45) is 2.28. The van der Waals surface area contributed by atoms with E-state index in [-0.39, 0.29) is 0 Å². The molecule has 0 saturated heterocycles. The first-order valence-corrected chi connectivity index (χ1v) is 10.6. The van der Waals surface area contributed by atoms with Crippen LogP contribution in [0, 0.1) is 11.3 Å². The lowest BCUT2D eigenvalue weighted by atomic mass is 10.0. The van der Waals surface area contributed by atoms with Gasteiger partial charge in [0.2, 0.25) is 0 Å². The van der Waals surface area contributed by atoms with Gasteiger partial charge < -0.3 is 10.5 Å². The van der Waals surface area contributed by atoms with Crippen molar-refractivity contribution < 1.29 is 9.53 Å². The lowest BCUT2D eigenvalue weighted by Crippen LogP contribution is -2.26. The van der Waals surface area contributed by atoms with Crippen LogP contribution in [0.3, 0.4) is 0 Å². The van der Waals surface area contributed by atoms with Gasteiger partial charge in [-0.2, -0.15) is 5.26 Å². The minimum absolute atomic E-state index is 0.298. The summed E-state index contributed by atoms with van der Waals surface area (Å²) < 4.78 is 5.18. The molecule has 1 heterocycles. The van der Waals surface area contributed by atoms with Crippen LogP contribution in [0.2, 0.25) is 0 Å². The van der Waals surface area contributed by atoms with Crippen LogP contribution in [0.15, 0.2) is 24.3 Å². The molecule has 0 atom stereocenters. The molecule has 1 aliphatic carbocycles. The normalized spacial score (nSPS) is 13.7. The molecule has 3 rings (SSSR count). The van der Waals surface area contributed by atoms with Crippen LogP contribution in [0.5, 0.6) is 0 Å². The summed E-state index contributed by atoms with van der Waals surface area (Å²) in [6, 6.07) is 11.4. The van der Waals surface area contributed by atoms with Gasteiger partial charge in [0, 0.05) is 24.7 Å². The van der Waals surface area contributed by atoms with Crippen molar-refractivity contribution in [1.29, 1.82) is 5.26 Å². The molecule has 28 heavy (non-hydrogen) atoms. The maximum absolute atomic E-state index is 12.4. The Hall–Kier alpha value is -2.36. The zero-order chi connectivity index (χ0) is 20.3. The van der Waals surface area contributed by atoms with Gasteiger partial charge in [-0.25, -0.2) is 4.79 Å². The monoisotopic (exact) mass is 397 g/mol. The van der Waals surface area contributed by atoms with Crippen LogP contribution in [0.4, 0.5) is 5.00 Å². The molecule has 1 aliphatic rings. The fourth-order valence-corrected chi connectivity index (χ4v) is 4.24. The third-order valence-corrected chi connectivity index (χ3v) is 6.10. The SMILES string of the molecule is CCOC(=O)c1sc(N)c(C#N)c1CN(Cc1ccc(C(C)C)cc1)C1CC1. The van der Waals surface area contributed by atoms with E-state index in [9.17, 15) is 10.1 Å². The Kier molecular flexibility index (Phi) is 6.38. The van der Waals surface area contributed by atoms with Crippen molar-refractivity contribution in [2.24, 2.45) is 0 Å². The summed E-state index contributed by atoms with van der Waals surface area (Å²) >= 11 is 1.15. The average molecular weight is 398 g/mol. The Morgan fingerprint density at radius 3 is 2.54 bits per heavy atom. The molecular formula is C22H27N3O2S. The summed E-state index contributed by atoms with van der Waals surface area (Å²) in [5.41, 5.74) is 9.69. The van der Waals surface area contributed by atoms with Crippen molar-refractivity contribution in [2.75, 3.05) is 12.3 Å². The van der Waals surface area contributed by atoms with Crippen LogP contribution in [0.1, 0.15) is 71.5 Å². The molecular weight excluding hydrogens is 370 g/mol. The highest BCUT2D eigenvalue weighted by Gasteiger charge is 2.32. The van der Waals surface area contributed by atoms with E-state index in [1.165, 1.54) is 11.1 Å². The number of thiophene rings is 1. The average Bonchev–Trinajstić information content (AvgIpc) is 3.46. The highest BCUT2D eigenvalue weighted by atomic mass is 32.1. The topological polar surface area (TPSA) is 79.3 Å². The number of carbonyl (C=O) groups excluding carboxylic acids is 1. The van der Waals surface area contributed by atoms with E-state index in [4.69, 9.17) is 10.5 Å². The Morgan fingerprint density at radius 1 is 1.32 bits per heavy atom. The summed E-state index contributed by atoms with van der Waals surface area (Å²) in [4.78, 5) is 15.2. The number of benzene rings is 1. The maximum Gasteiger partial charge on any atom is 0.348 e. The molecule has 0 aliphatic heterocycles. The quantitative estimate of drug-likeness (QED) is 0.655. The number of anilines is 1. The number of hydrogen-bond acceptors (Lipinski definition) is 6. The van der Waals surface area contributed by atoms with Crippen molar-refractivity contribution in [1.82, 2.24) is 4.90 Å². The highest BCUT2D eigenvalue weighted by Crippen LogP contribution is 2.36. The molecule has 1 aromatic carbocycles. The smallest absolute Gasteiger partial charge is 0.348 e. The van der Waals surface area contributed by atoms with Gasteiger partial charge in [0.15, 0.2) is 0 Å². The zero-order valence-corrected chi connectivity index (χ0v) is 17.5. The van der Waals surface area contributed by atoms with Crippen molar-refractivity contribution in [3.05, 3.63) is 51.4 Å². The largest absolute Gasteiger partial charge is 0.462 e. The fraction of sp³-hybridized carbons (Fsp3) is 0.455. The summed E-state index contributed by atoms with van der Waals surface area (Å²) in [6.45, 7) is 7.76. The van der Waals surface area contributed by atoms with Gasteiger partial charge in [-0.1, -0.05) is 38.1 Å². The lowest BCUT2D eigenvalue weighted by Gasteiger charge is -2.23. The van der Waals surface area contributed by atoms with Crippen LogP contribution < -0.4 is 5.73 Å². The number of carbonyl (C=O) groups is 1. The Bertz CT molecular complexity index is 876. The molecule has 0 bridgehead atoms. The van der Waals surface area contributed by atoms with Gasteiger partial charge in [-0.15, -0.1) is 11.3 Å². The number of hydrogen-bond donors (Lipinski definition) is 1. The number of ether oxygens (including phenoxy) is 1. The fourth-order valence-electron chi connectivity index (χ4n) is 3.32. The van der Waals surface area contributed by atoms with Gasteiger partial charge in [-0.3, -0.25) is 4.90 Å². The number of nitrogen functional groups attached to an aromatic ring is 1. The molecule has 2 N–H and O–H groups in total. The number of nitrogens with two attached hydrogens (primary N) is 1. The van der Waals surface area contributed by atoms with E-state index in [0.29, 0.717) is 46.1 Å². The predicted molar refractivity (Wildman–Crippen MR) is 112 cm³/mol. The highest BCUT2D eigenvalue weighted by molar-refractivity contribution is 7.18. The Labute approximate surface area is 170 Å². The molecule has 0 amide bonds. The second-order valence-electron chi connectivity index (χ2n) is 7.51. The third kappa shape index (κ3) is 4.54. The molecule has 1 saturated carbocycles. The molecule has 5 nitrogen and oxygen atoms in total. The molecule has 0 unspecified atom stereocenters. The van der Waals surface area contributed by atoms with E-state index in [2.05, 4.69) is 49.1 Å². The zero-order valence-electron chi connectivity index (χ0n) is 16.7. The van der Waals surface area contributed by atoms with Crippen LogP contribution in [-0.4, -0.2) is 23.5 Å². The number of nitriles is 1. The van der Waals surface area contributed by atoms with E-state index >= 15 is 0 Å². The van der Waals surface area contributed by atoms with E-state index < -0.39 is 5.97 Å². The van der Waals surface area contributed by atoms with Crippen LogP contribution in [0.25, 0.3) is 0 Å². The van der Waals surface area contributed by atoms with Crippen molar-refractivity contribution >= 4 is 22.3 Å². The molecule has 148 valence electrons. The second kappa shape index (κ2) is 8.76. The van der Waals surface area contributed by atoms with Crippen LogP contribution >= 0.6 is 11.3 Å². The number of rotatable bonds is 8. The summed E-state index contributed by atoms with van der Waals surface area (Å²) in [5, 5.41) is 9.96. The Balaban J connectivity index is 1.85. The van der Waals surface area contributed by atoms with E-state index in [0.717, 1.165) is 30.7 Å². The van der Waals surface area contributed by atoms with Gasteiger partial charge in [0.1, 0.15) is 15.9 Å². The molecule has 1 aromatic heterocycles. The molecule has 1 fully saturated rings. The van der Waals surface area contributed by atoms with E-state index in [1.807, 2.05) is 0 Å². The van der Waals surface area contributed by atoms with Gasteiger partial charge in [0.25, 0.3) is 0 Å². The first kappa shape index (κ1) is 20.4. The van der Waals surface area contributed by atoms with E-state index in [1.54, 1.807) is 6.92 Å². The molecule has 0 radical (unpaired) electrons. The predicted octanol–water partition coefficient (Wildman–Crippen LogP) is 4.67. The number of nitrogens with zero attached hydrogens (tertiary/aromatic N) is 2. The van der Waals surface area contributed by atoms with Gasteiger partial charge in [0.05, 0.1) is 12.2 Å². The maximum atomic E-state index is 12.4.